The van der Waals surface area contributed by atoms with Gasteiger partial charge in [-0.05, 0) is 42.3 Å². The first-order chi connectivity index (χ1) is 9.76. The average Bonchev–Trinajstić information content (AvgIpc) is 2.90. The van der Waals surface area contributed by atoms with Gasteiger partial charge in [-0.3, -0.25) is 4.90 Å². The highest BCUT2D eigenvalue weighted by Crippen LogP contribution is 2.26. The van der Waals surface area contributed by atoms with E-state index < -0.39 is 0 Å². The number of rotatable bonds is 4. The van der Waals surface area contributed by atoms with Crippen molar-refractivity contribution in [3.8, 4) is 0 Å². The van der Waals surface area contributed by atoms with E-state index in [1.165, 1.54) is 27.9 Å². The summed E-state index contributed by atoms with van der Waals surface area (Å²) in [6, 6.07) is 15.3. The second kappa shape index (κ2) is 5.68. The Morgan fingerprint density at radius 2 is 1.85 bits per heavy atom. The lowest BCUT2D eigenvalue weighted by atomic mass is 10.0. The SMILES string of the molecule is CCN1Cc2cccc(CNc3ccc(C)cc3)c2C1. The minimum Gasteiger partial charge on any atom is -0.381 e. The molecule has 0 fully saturated rings. The summed E-state index contributed by atoms with van der Waals surface area (Å²) in [5.74, 6) is 0. The van der Waals surface area contributed by atoms with Crippen molar-refractivity contribution in [3.63, 3.8) is 0 Å². The zero-order valence-electron chi connectivity index (χ0n) is 12.3. The number of anilines is 1. The summed E-state index contributed by atoms with van der Waals surface area (Å²) in [6.45, 7) is 8.58. The molecule has 0 saturated heterocycles. The number of fused-ring (bicyclic) bond motifs is 1. The van der Waals surface area contributed by atoms with E-state index in [0.29, 0.717) is 0 Å². The molecule has 2 aromatic carbocycles. The minimum atomic E-state index is 0.907. The number of benzene rings is 2. The first-order valence-corrected chi connectivity index (χ1v) is 7.39. The molecule has 0 aromatic heterocycles. The zero-order valence-corrected chi connectivity index (χ0v) is 12.3. The second-order valence-corrected chi connectivity index (χ2v) is 5.58. The first kappa shape index (κ1) is 13.2. The van der Waals surface area contributed by atoms with Gasteiger partial charge < -0.3 is 5.32 Å². The lowest BCUT2D eigenvalue weighted by Gasteiger charge is -2.12. The van der Waals surface area contributed by atoms with Crippen molar-refractivity contribution < 1.29 is 0 Å². The Bertz CT molecular complexity index is 587. The molecule has 3 rings (SSSR count). The molecular formula is C18H22N2. The summed E-state index contributed by atoms with van der Waals surface area (Å²) in [5, 5.41) is 3.53. The van der Waals surface area contributed by atoms with Crippen LogP contribution in [0, 0.1) is 6.92 Å². The quantitative estimate of drug-likeness (QED) is 0.901. The Hall–Kier alpha value is -1.80. The van der Waals surface area contributed by atoms with Gasteiger partial charge in [0, 0.05) is 25.3 Å². The Kier molecular flexibility index (Phi) is 3.75. The van der Waals surface area contributed by atoms with E-state index in [2.05, 4.69) is 66.5 Å². The Morgan fingerprint density at radius 3 is 2.60 bits per heavy atom. The molecule has 2 heteroatoms. The van der Waals surface area contributed by atoms with Gasteiger partial charge in [-0.25, -0.2) is 0 Å². The van der Waals surface area contributed by atoms with Crippen LogP contribution in [0.3, 0.4) is 0 Å². The largest absolute Gasteiger partial charge is 0.381 e. The van der Waals surface area contributed by atoms with Crippen molar-refractivity contribution in [2.45, 2.75) is 33.5 Å². The van der Waals surface area contributed by atoms with Crippen molar-refractivity contribution >= 4 is 5.69 Å². The Balaban J connectivity index is 1.73. The van der Waals surface area contributed by atoms with Crippen LogP contribution in [0.2, 0.25) is 0 Å². The van der Waals surface area contributed by atoms with Crippen LogP contribution in [0.5, 0.6) is 0 Å². The molecular weight excluding hydrogens is 244 g/mol. The molecule has 104 valence electrons. The third kappa shape index (κ3) is 2.70. The van der Waals surface area contributed by atoms with Gasteiger partial charge in [-0.15, -0.1) is 0 Å². The number of nitrogens with one attached hydrogen (secondary N) is 1. The normalized spacial score (nSPS) is 14.3. The zero-order chi connectivity index (χ0) is 13.9. The van der Waals surface area contributed by atoms with Crippen LogP contribution >= 0.6 is 0 Å². The molecule has 0 bridgehead atoms. The number of aryl methyl sites for hydroxylation is 1. The van der Waals surface area contributed by atoms with Gasteiger partial charge in [0.1, 0.15) is 0 Å². The maximum Gasteiger partial charge on any atom is 0.0404 e. The summed E-state index contributed by atoms with van der Waals surface area (Å²) >= 11 is 0. The smallest absolute Gasteiger partial charge is 0.0404 e. The first-order valence-electron chi connectivity index (χ1n) is 7.39. The molecule has 0 unspecified atom stereocenters. The molecule has 0 saturated carbocycles. The molecule has 0 radical (unpaired) electrons. The molecule has 0 atom stereocenters. The van der Waals surface area contributed by atoms with Gasteiger partial charge in [-0.2, -0.15) is 0 Å². The molecule has 2 nitrogen and oxygen atoms in total. The van der Waals surface area contributed by atoms with Gasteiger partial charge >= 0.3 is 0 Å². The standard InChI is InChI=1S/C18H22N2/c1-3-20-12-16-6-4-5-15(18(16)13-20)11-19-17-9-7-14(2)8-10-17/h4-10,19H,3,11-13H2,1-2H3. The van der Waals surface area contributed by atoms with Crippen molar-refractivity contribution in [2.24, 2.45) is 0 Å². The van der Waals surface area contributed by atoms with Crippen molar-refractivity contribution in [3.05, 3.63) is 64.7 Å². The lowest BCUT2D eigenvalue weighted by molar-refractivity contribution is 0.300. The van der Waals surface area contributed by atoms with Crippen LogP contribution in [0.15, 0.2) is 42.5 Å². The Labute approximate surface area is 121 Å². The van der Waals surface area contributed by atoms with Crippen molar-refractivity contribution in [2.75, 3.05) is 11.9 Å². The van der Waals surface area contributed by atoms with Gasteiger partial charge in [0.2, 0.25) is 0 Å². The van der Waals surface area contributed by atoms with Crippen molar-refractivity contribution in [1.29, 1.82) is 0 Å². The number of nitrogens with zero attached hydrogens (tertiary/aromatic N) is 1. The summed E-state index contributed by atoms with van der Waals surface area (Å²) in [7, 11) is 0. The number of hydrogen-bond donors (Lipinski definition) is 1. The fourth-order valence-corrected chi connectivity index (χ4v) is 2.82. The summed E-state index contributed by atoms with van der Waals surface area (Å²) in [6.07, 6.45) is 0. The third-order valence-electron chi connectivity index (χ3n) is 4.13. The van der Waals surface area contributed by atoms with Crippen LogP contribution < -0.4 is 5.32 Å². The molecule has 1 N–H and O–H groups in total. The molecule has 0 spiro atoms. The summed E-state index contributed by atoms with van der Waals surface area (Å²) < 4.78 is 0. The molecule has 1 aliphatic rings. The molecule has 1 aliphatic heterocycles. The van der Waals surface area contributed by atoms with Crippen LogP contribution in [-0.2, 0) is 19.6 Å². The van der Waals surface area contributed by atoms with E-state index in [1.807, 2.05) is 0 Å². The summed E-state index contributed by atoms with van der Waals surface area (Å²) in [4.78, 5) is 2.49. The Morgan fingerprint density at radius 1 is 1.05 bits per heavy atom. The van der Waals surface area contributed by atoms with E-state index in [4.69, 9.17) is 0 Å². The van der Waals surface area contributed by atoms with E-state index in [0.717, 1.165) is 26.2 Å². The molecule has 1 heterocycles. The van der Waals surface area contributed by atoms with Gasteiger partial charge in [-0.1, -0.05) is 42.8 Å². The second-order valence-electron chi connectivity index (χ2n) is 5.58. The maximum absolute atomic E-state index is 3.53. The van der Waals surface area contributed by atoms with Crippen LogP contribution in [-0.4, -0.2) is 11.4 Å². The number of hydrogen-bond acceptors (Lipinski definition) is 2. The maximum atomic E-state index is 3.53. The third-order valence-corrected chi connectivity index (χ3v) is 4.13. The van der Waals surface area contributed by atoms with Crippen molar-refractivity contribution in [1.82, 2.24) is 4.90 Å². The fourth-order valence-electron chi connectivity index (χ4n) is 2.82. The van der Waals surface area contributed by atoms with E-state index >= 15 is 0 Å². The predicted molar refractivity (Wildman–Crippen MR) is 84.7 cm³/mol. The topological polar surface area (TPSA) is 15.3 Å². The monoisotopic (exact) mass is 266 g/mol. The average molecular weight is 266 g/mol. The predicted octanol–water partition coefficient (Wildman–Crippen LogP) is 3.94. The molecule has 0 aliphatic carbocycles. The van der Waals surface area contributed by atoms with E-state index in [1.54, 1.807) is 0 Å². The van der Waals surface area contributed by atoms with E-state index in [-0.39, 0.29) is 0 Å². The van der Waals surface area contributed by atoms with Crippen LogP contribution in [0.4, 0.5) is 5.69 Å². The highest BCUT2D eigenvalue weighted by Gasteiger charge is 2.19. The minimum absolute atomic E-state index is 0.907. The van der Waals surface area contributed by atoms with Gasteiger partial charge in [0.25, 0.3) is 0 Å². The fraction of sp³-hybridized carbons (Fsp3) is 0.333. The summed E-state index contributed by atoms with van der Waals surface area (Å²) in [5.41, 5.74) is 6.94. The molecule has 0 amide bonds. The highest BCUT2D eigenvalue weighted by molar-refractivity contribution is 5.46. The van der Waals surface area contributed by atoms with Crippen LogP contribution in [0.1, 0.15) is 29.2 Å². The molecule has 20 heavy (non-hydrogen) atoms. The van der Waals surface area contributed by atoms with Gasteiger partial charge in [0.15, 0.2) is 0 Å². The van der Waals surface area contributed by atoms with Gasteiger partial charge in [0.05, 0.1) is 0 Å². The molecule has 2 aromatic rings. The highest BCUT2D eigenvalue weighted by atomic mass is 15.1. The van der Waals surface area contributed by atoms with Crippen LogP contribution in [0.25, 0.3) is 0 Å². The lowest BCUT2D eigenvalue weighted by Crippen LogP contribution is -2.15. The van der Waals surface area contributed by atoms with E-state index in [9.17, 15) is 0 Å².